The second-order valence-electron chi connectivity index (χ2n) is 5.80. The van der Waals surface area contributed by atoms with Crippen LogP contribution in [0.3, 0.4) is 0 Å². The van der Waals surface area contributed by atoms with Gasteiger partial charge < -0.3 is 10.1 Å². The van der Waals surface area contributed by atoms with Crippen LogP contribution in [-0.4, -0.2) is 13.2 Å². The number of rotatable bonds is 4. The molecule has 1 aromatic rings. The van der Waals surface area contributed by atoms with Crippen molar-refractivity contribution < 1.29 is 4.74 Å². The summed E-state index contributed by atoms with van der Waals surface area (Å²) in [6.45, 7) is 4.47. The van der Waals surface area contributed by atoms with Gasteiger partial charge in [-0.1, -0.05) is 26.2 Å². The van der Waals surface area contributed by atoms with Gasteiger partial charge in [-0.3, -0.25) is 0 Å². The van der Waals surface area contributed by atoms with Crippen LogP contribution in [-0.2, 0) is 0 Å². The quantitative estimate of drug-likeness (QED) is 0.788. The van der Waals surface area contributed by atoms with Crippen LogP contribution in [0.4, 0.5) is 5.69 Å². The van der Waals surface area contributed by atoms with Gasteiger partial charge in [0, 0.05) is 11.7 Å². The molecule has 0 saturated heterocycles. The van der Waals surface area contributed by atoms with Gasteiger partial charge in [-0.25, -0.2) is 0 Å². The Hall–Kier alpha value is -1.18. The molecule has 1 saturated carbocycles. The van der Waals surface area contributed by atoms with E-state index in [1.807, 2.05) is 6.07 Å². The first kappa shape index (κ1) is 14.2. The van der Waals surface area contributed by atoms with E-state index in [0.29, 0.717) is 6.04 Å². The molecule has 0 heterocycles. The molecule has 0 aliphatic heterocycles. The highest BCUT2D eigenvalue weighted by Crippen LogP contribution is 2.29. The molecule has 106 valence electrons. The van der Waals surface area contributed by atoms with Crippen molar-refractivity contribution in [2.75, 3.05) is 12.4 Å². The monoisotopic (exact) mass is 261 g/mol. The number of nitrogens with one attached hydrogen (secondary N) is 1. The van der Waals surface area contributed by atoms with Crippen molar-refractivity contribution in [3.63, 3.8) is 0 Å². The molecule has 0 radical (unpaired) electrons. The maximum Gasteiger partial charge on any atom is 0.119 e. The maximum atomic E-state index is 5.26. The number of hydrogen-bond acceptors (Lipinski definition) is 2. The predicted octanol–water partition coefficient (Wildman–Crippen LogP) is 4.77. The third-order valence-electron chi connectivity index (χ3n) is 4.46. The smallest absolute Gasteiger partial charge is 0.119 e. The van der Waals surface area contributed by atoms with Gasteiger partial charge in [0.15, 0.2) is 0 Å². The lowest BCUT2D eigenvalue weighted by atomic mass is 9.98. The summed E-state index contributed by atoms with van der Waals surface area (Å²) >= 11 is 0. The standard InChI is InChI=1S/C17H27NO/c1-4-14-6-5-7-15(9-8-14)18-17-11-10-16(19-3)12-13(17)2/h10-12,14-15,18H,4-9H2,1-3H3. The van der Waals surface area contributed by atoms with Crippen molar-refractivity contribution >= 4 is 5.69 Å². The van der Waals surface area contributed by atoms with Crippen LogP contribution in [0.2, 0.25) is 0 Å². The molecule has 0 bridgehead atoms. The summed E-state index contributed by atoms with van der Waals surface area (Å²) < 4.78 is 5.26. The molecule has 2 atom stereocenters. The van der Waals surface area contributed by atoms with Crippen LogP contribution in [0.5, 0.6) is 5.75 Å². The molecule has 1 aromatic carbocycles. The van der Waals surface area contributed by atoms with Crippen LogP contribution in [0.15, 0.2) is 18.2 Å². The second-order valence-corrected chi connectivity index (χ2v) is 5.80. The van der Waals surface area contributed by atoms with Crippen LogP contribution in [0.25, 0.3) is 0 Å². The highest BCUT2D eigenvalue weighted by atomic mass is 16.5. The van der Waals surface area contributed by atoms with Crippen molar-refractivity contribution in [3.8, 4) is 5.75 Å². The lowest BCUT2D eigenvalue weighted by molar-refractivity contribution is 0.414. The fraction of sp³-hybridized carbons (Fsp3) is 0.647. The van der Waals surface area contributed by atoms with E-state index in [9.17, 15) is 0 Å². The Morgan fingerprint density at radius 2 is 2.05 bits per heavy atom. The Bertz CT molecular complexity index is 402. The molecular formula is C17H27NO. The molecule has 0 amide bonds. The Labute approximate surface area is 117 Å². The SMILES string of the molecule is CCC1CCCC(Nc2ccc(OC)cc2C)CC1. The summed E-state index contributed by atoms with van der Waals surface area (Å²) in [5, 5.41) is 3.73. The number of aryl methyl sites for hydroxylation is 1. The minimum atomic E-state index is 0.642. The number of anilines is 1. The minimum absolute atomic E-state index is 0.642. The normalized spacial score (nSPS) is 23.7. The van der Waals surface area contributed by atoms with Gasteiger partial charge in [-0.2, -0.15) is 0 Å². The summed E-state index contributed by atoms with van der Waals surface area (Å²) in [5.74, 6) is 1.89. The van der Waals surface area contributed by atoms with Gasteiger partial charge >= 0.3 is 0 Å². The van der Waals surface area contributed by atoms with Crippen molar-refractivity contribution in [2.24, 2.45) is 5.92 Å². The highest BCUT2D eigenvalue weighted by molar-refractivity contribution is 5.54. The Kier molecular flexibility index (Phi) is 5.12. The summed E-state index contributed by atoms with van der Waals surface area (Å²) in [6.07, 6.45) is 8.12. The van der Waals surface area contributed by atoms with E-state index in [4.69, 9.17) is 4.74 Å². The van der Waals surface area contributed by atoms with E-state index in [1.54, 1.807) is 7.11 Å². The lowest BCUT2D eigenvalue weighted by Crippen LogP contribution is -2.19. The fourth-order valence-electron chi connectivity index (χ4n) is 3.08. The van der Waals surface area contributed by atoms with E-state index in [-0.39, 0.29) is 0 Å². The topological polar surface area (TPSA) is 21.3 Å². The third kappa shape index (κ3) is 3.89. The number of hydrogen-bond donors (Lipinski definition) is 1. The second kappa shape index (κ2) is 6.83. The van der Waals surface area contributed by atoms with Crippen LogP contribution >= 0.6 is 0 Å². The zero-order valence-electron chi connectivity index (χ0n) is 12.5. The van der Waals surface area contributed by atoms with Crippen LogP contribution < -0.4 is 10.1 Å². The van der Waals surface area contributed by atoms with Gasteiger partial charge in [0.25, 0.3) is 0 Å². The largest absolute Gasteiger partial charge is 0.497 e. The number of benzene rings is 1. The van der Waals surface area contributed by atoms with Gasteiger partial charge in [-0.15, -0.1) is 0 Å². The van der Waals surface area contributed by atoms with Gasteiger partial charge in [0.2, 0.25) is 0 Å². The van der Waals surface area contributed by atoms with Crippen LogP contribution in [0.1, 0.15) is 51.0 Å². The summed E-state index contributed by atoms with van der Waals surface area (Å²) in [4.78, 5) is 0. The van der Waals surface area contributed by atoms with Crippen molar-refractivity contribution in [1.82, 2.24) is 0 Å². The van der Waals surface area contributed by atoms with E-state index < -0.39 is 0 Å². The fourth-order valence-corrected chi connectivity index (χ4v) is 3.08. The Morgan fingerprint density at radius 1 is 1.21 bits per heavy atom. The molecule has 2 heteroatoms. The minimum Gasteiger partial charge on any atom is -0.497 e. The third-order valence-corrected chi connectivity index (χ3v) is 4.46. The molecule has 19 heavy (non-hydrogen) atoms. The van der Waals surface area contributed by atoms with Gasteiger partial charge in [0.1, 0.15) is 5.75 Å². The summed E-state index contributed by atoms with van der Waals surface area (Å²) in [5.41, 5.74) is 2.54. The molecule has 2 unspecified atom stereocenters. The molecule has 0 aromatic heterocycles. The lowest BCUT2D eigenvalue weighted by Gasteiger charge is -2.20. The van der Waals surface area contributed by atoms with Crippen LogP contribution in [0, 0.1) is 12.8 Å². The van der Waals surface area contributed by atoms with E-state index in [1.165, 1.54) is 49.8 Å². The summed E-state index contributed by atoms with van der Waals surface area (Å²) in [7, 11) is 1.72. The predicted molar refractivity (Wildman–Crippen MR) is 82.0 cm³/mol. The zero-order chi connectivity index (χ0) is 13.7. The maximum absolute atomic E-state index is 5.26. The van der Waals surface area contributed by atoms with Crippen molar-refractivity contribution in [2.45, 2.75) is 58.4 Å². The first-order valence-corrected chi connectivity index (χ1v) is 7.64. The Morgan fingerprint density at radius 3 is 2.74 bits per heavy atom. The first-order valence-electron chi connectivity index (χ1n) is 7.64. The molecule has 1 aliphatic carbocycles. The average molecular weight is 261 g/mol. The molecule has 1 aliphatic rings. The highest BCUT2D eigenvalue weighted by Gasteiger charge is 2.18. The summed E-state index contributed by atoms with van der Waals surface area (Å²) in [6, 6.07) is 6.94. The molecule has 0 spiro atoms. The number of methoxy groups -OCH3 is 1. The van der Waals surface area contributed by atoms with Crippen molar-refractivity contribution in [3.05, 3.63) is 23.8 Å². The molecule has 2 nitrogen and oxygen atoms in total. The van der Waals surface area contributed by atoms with Crippen molar-refractivity contribution in [1.29, 1.82) is 0 Å². The first-order chi connectivity index (χ1) is 9.22. The van der Waals surface area contributed by atoms with Gasteiger partial charge in [0.05, 0.1) is 7.11 Å². The van der Waals surface area contributed by atoms with E-state index in [0.717, 1.165) is 11.7 Å². The molecule has 2 rings (SSSR count). The average Bonchev–Trinajstić information content (AvgIpc) is 2.66. The zero-order valence-corrected chi connectivity index (χ0v) is 12.5. The van der Waals surface area contributed by atoms with E-state index in [2.05, 4.69) is 31.3 Å². The molecular weight excluding hydrogens is 234 g/mol. The Balaban J connectivity index is 1.97. The van der Waals surface area contributed by atoms with Gasteiger partial charge in [-0.05, 0) is 55.9 Å². The van der Waals surface area contributed by atoms with E-state index >= 15 is 0 Å². The molecule has 1 fully saturated rings. The molecule has 1 N–H and O–H groups in total. The number of ether oxygens (including phenoxy) is 1.